The van der Waals surface area contributed by atoms with Crippen molar-refractivity contribution in [3.63, 3.8) is 0 Å². The standard InChI is InChI=1S/C14H15NO3S/c1-8-11(15)4-3-5-13(8)19-7-10-6-12(14(16)17)18-9(10)2/h3-6H,7,15H2,1-2H3,(H,16,17). The number of benzene rings is 1. The molecule has 1 aromatic carbocycles. The summed E-state index contributed by atoms with van der Waals surface area (Å²) in [5.41, 5.74) is 8.56. The van der Waals surface area contributed by atoms with Crippen molar-refractivity contribution in [3.8, 4) is 0 Å². The van der Waals surface area contributed by atoms with Gasteiger partial charge in [-0.2, -0.15) is 0 Å². The lowest BCUT2D eigenvalue weighted by atomic mass is 10.2. The van der Waals surface area contributed by atoms with E-state index in [0.717, 1.165) is 21.7 Å². The molecule has 5 heteroatoms. The van der Waals surface area contributed by atoms with Gasteiger partial charge in [-0.1, -0.05) is 6.07 Å². The first kappa shape index (κ1) is 13.5. The number of nitrogen functional groups attached to an aromatic ring is 1. The SMILES string of the molecule is Cc1oc(C(=O)O)cc1CSc1cccc(N)c1C. The van der Waals surface area contributed by atoms with E-state index in [1.165, 1.54) is 0 Å². The maximum Gasteiger partial charge on any atom is 0.371 e. The molecule has 0 fully saturated rings. The minimum Gasteiger partial charge on any atom is -0.475 e. The molecule has 0 saturated carbocycles. The predicted octanol–water partition coefficient (Wildman–Crippen LogP) is 3.47. The van der Waals surface area contributed by atoms with Crippen LogP contribution in [0.4, 0.5) is 5.69 Å². The number of carbonyl (C=O) groups is 1. The Morgan fingerprint density at radius 2 is 2.16 bits per heavy atom. The van der Waals surface area contributed by atoms with Crippen molar-refractivity contribution >= 4 is 23.4 Å². The summed E-state index contributed by atoms with van der Waals surface area (Å²) in [4.78, 5) is 11.9. The van der Waals surface area contributed by atoms with Gasteiger partial charge in [-0.15, -0.1) is 11.8 Å². The van der Waals surface area contributed by atoms with Gasteiger partial charge in [0.05, 0.1) is 0 Å². The van der Waals surface area contributed by atoms with Gasteiger partial charge in [-0.25, -0.2) is 4.79 Å². The first-order valence-electron chi connectivity index (χ1n) is 5.79. The summed E-state index contributed by atoms with van der Waals surface area (Å²) in [5.74, 6) is 0.246. The summed E-state index contributed by atoms with van der Waals surface area (Å²) in [6.07, 6.45) is 0. The lowest BCUT2D eigenvalue weighted by molar-refractivity contribution is 0.0661. The van der Waals surface area contributed by atoms with Crippen LogP contribution in [0.5, 0.6) is 0 Å². The Hall–Kier alpha value is -1.88. The summed E-state index contributed by atoms with van der Waals surface area (Å²) >= 11 is 1.62. The fraction of sp³-hybridized carbons (Fsp3) is 0.214. The van der Waals surface area contributed by atoms with Crippen molar-refractivity contribution in [1.29, 1.82) is 0 Å². The monoisotopic (exact) mass is 277 g/mol. The van der Waals surface area contributed by atoms with E-state index >= 15 is 0 Å². The van der Waals surface area contributed by atoms with Crippen LogP contribution in [0, 0.1) is 13.8 Å². The number of carboxylic acid groups (broad SMARTS) is 1. The minimum absolute atomic E-state index is 0.0163. The molecule has 100 valence electrons. The van der Waals surface area contributed by atoms with Crippen molar-refractivity contribution < 1.29 is 14.3 Å². The number of anilines is 1. The highest BCUT2D eigenvalue weighted by molar-refractivity contribution is 7.98. The van der Waals surface area contributed by atoms with Crippen LogP contribution in [0.15, 0.2) is 33.6 Å². The molecule has 0 unspecified atom stereocenters. The minimum atomic E-state index is -1.04. The highest BCUT2D eigenvalue weighted by Crippen LogP contribution is 2.30. The van der Waals surface area contributed by atoms with E-state index in [0.29, 0.717) is 11.5 Å². The Labute approximate surface area is 115 Å². The highest BCUT2D eigenvalue weighted by atomic mass is 32.2. The molecule has 2 aromatic rings. The molecule has 4 nitrogen and oxygen atoms in total. The molecule has 0 bridgehead atoms. The Balaban J connectivity index is 2.14. The molecular formula is C14H15NO3S. The number of aryl methyl sites for hydroxylation is 1. The second-order valence-corrected chi connectivity index (χ2v) is 5.27. The zero-order valence-corrected chi connectivity index (χ0v) is 11.6. The van der Waals surface area contributed by atoms with Gasteiger partial charge in [0, 0.05) is 21.9 Å². The van der Waals surface area contributed by atoms with Crippen LogP contribution < -0.4 is 5.73 Å². The van der Waals surface area contributed by atoms with Gasteiger partial charge < -0.3 is 15.3 Å². The average molecular weight is 277 g/mol. The molecule has 0 aliphatic carbocycles. The van der Waals surface area contributed by atoms with Gasteiger partial charge in [0.1, 0.15) is 5.76 Å². The van der Waals surface area contributed by atoms with E-state index in [1.807, 2.05) is 25.1 Å². The number of rotatable bonds is 4. The molecule has 1 aromatic heterocycles. The third kappa shape index (κ3) is 2.93. The zero-order chi connectivity index (χ0) is 14.0. The molecule has 0 spiro atoms. The topological polar surface area (TPSA) is 76.5 Å². The van der Waals surface area contributed by atoms with Crippen LogP contribution in [-0.2, 0) is 5.75 Å². The lowest BCUT2D eigenvalue weighted by Crippen LogP contribution is -1.92. The van der Waals surface area contributed by atoms with E-state index in [2.05, 4.69) is 0 Å². The highest BCUT2D eigenvalue weighted by Gasteiger charge is 2.13. The fourth-order valence-corrected chi connectivity index (χ4v) is 2.82. The average Bonchev–Trinajstić information content (AvgIpc) is 2.73. The molecule has 0 saturated heterocycles. The van der Waals surface area contributed by atoms with Crippen LogP contribution in [0.3, 0.4) is 0 Å². The Morgan fingerprint density at radius 1 is 1.42 bits per heavy atom. The molecule has 3 N–H and O–H groups in total. The quantitative estimate of drug-likeness (QED) is 0.661. The van der Waals surface area contributed by atoms with Crippen molar-refractivity contribution in [1.82, 2.24) is 0 Å². The summed E-state index contributed by atoms with van der Waals surface area (Å²) in [6, 6.07) is 7.36. The van der Waals surface area contributed by atoms with Crippen LogP contribution >= 0.6 is 11.8 Å². The van der Waals surface area contributed by atoms with E-state index < -0.39 is 5.97 Å². The smallest absolute Gasteiger partial charge is 0.371 e. The van der Waals surface area contributed by atoms with Crippen molar-refractivity contribution in [2.75, 3.05) is 5.73 Å². The Kier molecular flexibility index (Phi) is 3.85. The second-order valence-electron chi connectivity index (χ2n) is 4.26. The van der Waals surface area contributed by atoms with Crippen LogP contribution in [0.1, 0.15) is 27.4 Å². The number of hydrogen-bond acceptors (Lipinski definition) is 4. The van der Waals surface area contributed by atoms with E-state index in [4.69, 9.17) is 15.3 Å². The van der Waals surface area contributed by atoms with E-state index in [-0.39, 0.29) is 5.76 Å². The van der Waals surface area contributed by atoms with Crippen LogP contribution in [-0.4, -0.2) is 11.1 Å². The zero-order valence-electron chi connectivity index (χ0n) is 10.8. The van der Waals surface area contributed by atoms with Gasteiger partial charge in [0.25, 0.3) is 0 Å². The van der Waals surface area contributed by atoms with Crippen molar-refractivity contribution in [2.45, 2.75) is 24.5 Å². The Morgan fingerprint density at radius 3 is 2.79 bits per heavy atom. The van der Waals surface area contributed by atoms with Gasteiger partial charge in [0.2, 0.25) is 5.76 Å². The predicted molar refractivity (Wildman–Crippen MR) is 75.6 cm³/mol. The van der Waals surface area contributed by atoms with Crippen molar-refractivity contribution in [2.24, 2.45) is 0 Å². The first-order chi connectivity index (χ1) is 8.99. The summed E-state index contributed by atoms with van der Waals surface area (Å²) < 4.78 is 5.18. The van der Waals surface area contributed by atoms with Gasteiger partial charge in [-0.05, 0) is 37.6 Å². The number of hydrogen-bond donors (Lipinski definition) is 2. The van der Waals surface area contributed by atoms with Gasteiger partial charge in [-0.3, -0.25) is 0 Å². The molecule has 0 atom stereocenters. The number of nitrogens with two attached hydrogens (primary N) is 1. The number of aromatic carboxylic acids is 1. The maximum absolute atomic E-state index is 10.8. The number of carboxylic acids is 1. The van der Waals surface area contributed by atoms with E-state index in [9.17, 15) is 4.79 Å². The maximum atomic E-state index is 10.8. The number of thioether (sulfide) groups is 1. The van der Waals surface area contributed by atoms with Gasteiger partial charge in [0.15, 0.2) is 0 Å². The molecule has 0 amide bonds. The molecule has 0 aliphatic heterocycles. The second kappa shape index (κ2) is 5.40. The molecule has 0 radical (unpaired) electrons. The fourth-order valence-electron chi connectivity index (χ4n) is 1.71. The van der Waals surface area contributed by atoms with Crippen molar-refractivity contribution in [3.05, 3.63) is 46.9 Å². The molecule has 1 heterocycles. The normalized spacial score (nSPS) is 10.6. The van der Waals surface area contributed by atoms with Gasteiger partial charge >= 0.3 is 5.97 Å². The molecular weight excluding hydrogens is 262 g/mol. The Bertz CT molecular complexity index is 619. The molecule has 19 heavy (non-hydrogen) atoms. The third-order valence-corrected chi connectivity index (χ3v) is 4.15. The lowest BCUT2D eigenvalue weighted by Gasteiger charge is -2.07. The summed E-state index contributed by atoms with van der Waals surface area (Å²) in [7, 11) is 0. The third-order valence-electron chi connectivity index (χ3n) is 2.94. The largest absolute Gasteiger partial charge is 0.475 e. The summed E-state index contributed by atoms with van der Waals surface area (Å²) in [6.45, 7) is 3.75. The summed E-state index contributed by atoms with van der Waals surface area (Å²) in [5, 5.41) is 8.87. The van der Waals surface area contributed by atoms with Crippen LogP contribution in [0.2, 0.25) is 0 Å². The molecule has 0 aliphatic rings. The number of furan rings is 1. The first-order valence-corrected chi connectivity index (χ1v) is 6.78. The van der Waals surface area contributed by atoms with E-state index in [1.54, 1.807) is 24.8 Å². The molecule has 2 rings (SSSR count). The van der Waals surface area contributed by atoms with Crippen LogP contribution in [0.25, 0.3) is 0 Å².